The molecule has 7 heteroatoms. The maximum Gasteiger partial charge on any atom is 0.147 e. The number of phenolic OH excluding ortho intramolecular Hbond substituents is 1. The molecule has 0 fully saturated rings. The van der Waals surface area contributed by atoms with Crippen LogP contribution in [0.3, 0.4) is 0 Å². The normalized spacial score (nSPS) is 13.1. The summed E-state index contributed by atoms with van der Waals surface area (Å²) >= 11 is 0. The summed E-state index contributed by atoms with van der Waals surface area (Å²) in [6.45, 7) is 30.8. The van der Waals surface area contributed by atoms with Gasteiger partial charge in [-0.15, -0.1) is 0 Å². The summed E-state index contributed by atoms with van der Waals surface area (Å²) in [7, 11) is -2.22. The monoisotopic (exact) mass is 831 g/mol. The predicted molar refractivity (Wildman–Crippen MR) is 251 cm³/mol. The van der Waals surface area contributed by atoms with E-state index in [0.29, 0.717) is 46.3 Å². The first-order chi connectivity index (χ1) is 27.9. The summed E-state index contributed by atoms with van der Waals surface area (Å²) in [6, 6.07) is 28.6. The molecule has 0 unspecified atom stereocenters. The minimum atomic E-state index is -2.22. The van der Waals surface area contributed by atoms with Crippen molar-refractivity contribution in [3.8, 4) is 34.1 Å². The SMILES string of the molecule is CC[Si](CC)(COc1ccc(F)cc1)COc1c(C)cc(F)cc1-c1cc(C(C)(C)CC(C)(C)C)cc(-n2c3cc(C(C)(C)C)ccc3c3ccc(C(C)(C)C)cc32)c1O. The van der Waals surface area contributed by atoms with Crippen LogP contribution in [0.25, 0.3) is 38.6 Å². The molecule has 1 heterocycles. The van der Waals surface area contributed by atoms with Crippen LogP contribution in [0, 0.1) is 24.0 Å². The zero-order valence-corrected chi connectivity index (χ0v) is 39.6. The van der Waals surface area contributed by atoms with E-state index in [1.54, 1.807) is 12.1 Å². The highest BCUT2D eigenvalue weighted by atomic mass is 28.3. The molecule has 0 amide bonds. The first kappa shape index (κ1) is 44.9. The fraction of sp³-hybridized carbons (Fsp3) is 0.434. The Morgan fingerprint density at radius 1 is 0.600 bits per heavy atom. The maximum absolute atomic E-state index is 15.8. The smallest absolute Gasteiger partial charge is 0.147 e. The molecule has 0 aliphatic heterocycles. The Balaban J connectivity index is 1.62. The van der Waals surface area contributed by atoms with Crippen LogP contribution in [0.15, 0.2) is 84.9 Å². The van der Waals surface area contributed by atoms with E-state index in [4.69, 9.17) is 9.47 Å². The molecular formula is C53H67F2NO3Si. The third-order valence-corrected chi connectivity index (χ3v) is 17.0. The van der Waals surface area contributed by atoms with E-state index in [9.17, 15) is 9.50 Å². The van der Waals surface area contributed by atoms with Gasteiger partial charge in [-0.2, -0.15) is 0 Å². The van der Waals surface area contributed by atoms with Gasteiger partial charge in [-0.3, -0.25) is 0 Å². The number of halogens is 2. The van der Waals surface area contributed by atoms with Gasteiger partial charge in [-0.1, -0.05) is 126 Å². The van der Waals surface area contributed by atoms with Crippen molar-refractivity contribution >= 4 is 29.9 Å². The molecule has 1 aromatic heterocycles. The summed E-state index contributed by atoms with van der Waals surface area (Å²) in [5.41, 5.74) is 7.24. The van der Waals surface area contributed by atoms with E-state index in [0.717, 1.165) is 45.9 Å². The molecule has 0 aliphatic carbocycles. The van der Waals surface area contributed by atoms with Crippen LogP contribution in [-0.4, -0.2) is 30.2 Å². The Morgan fingerprint density at radius 2 is 1.13 bits per heavy atom. The molecule has 0 saturated heterocycles. The lowest BCUT2D eigenvalue weighted by Gasteiger charge is -2.34. The number of aromatic nitrogens is 1. The van der Waals surface area contributed by atoms with Crippen LogP contribution in [0.1, 0.15) is 119 Å². The summed E-state index contributed by atoms with van der Waals surface area (Å²) in [5, 5.41) is 15.1. The minimum absolute atomic E-state index is 0.00569. The Labute approximate surface area is 359 Å². The summed E-state index contributed by atoms with van der Waals surface area (Å²) in [4.78, 5) is 0. The molecule has 1 N–H and O–H groups in total. The number of aryl methyl sites for hydroxylation is 1. The molecule has 4 nitrogen and oxygen atoms in total. The van der Waals surface area contributed by atoms with E-state index in [1.165, 1.54) is 35.4 Å². The van der Waals surface area contributed by atoms with Crippen LogP contribution in [0.5, 0.6) is 17.2 Å². The van der Waals surface area contributed by atoms with Gasteiger partial charge in [0.2, 0.25) is 0 Å². The second-order valence-electron chi connectivity index (χ2n) is 21.1. The number of benzene rings is 5. The number of ether oxygens (including phenoxy) is 2. The van der Waals surface area contributed by atoms with E-state index in [-0.39, 0.29) is 33.2 Å². The van der Waals surface area contributed by atoms with Gasteiger partial charge in [0, 0.05) is 21.9 Å². The van der Waals surface area contributed by atoms with Crippen LogP contribution in [0.2, 0.25) is 12.1 Å². The highest BCUT2D eigenvalue weighted by Crippen LogP contribution is 2.48. The number of fused-ring (bicyclic) bond motifs is 3. The molecule has 0 saturated carbocycles. The van der Waals surface area contributed by atoms with E-state index < -0.39 is 13.9 Å². The first-order valence-electron chi connectivity index (χ1n) is 21.7. The lowest BCUT2D eigenvalue weighted by atomic mass is 9.71. The van der Waals surface area contributed by atoms with Crippen molar-refractivity contribution in [2.45, 2.75) is 132 Å². The molecule has 5 aromatic carbocycles. The Kier molecular flexibility index (Phi) is 12.2. The Morgan fingerprint density at radius 3 is 1.63 bits per heavy atom. The van der Waals surface area contributed by atoms with Gasteiger partial charge in [-0.05, 0) is 118 Å². The number of hydrogen-bond donors (Lipinski definition) is 1. The second-order valence-corrected chi connectivity index (χ2v) is 26.1. The Hall–Kier alpha value is -4.62. The quantitative estimate of drug-likeness (QED) is 0.125. The molecule has 60 heavy (non-hydrogen) atoms. The first-order valence-corrected chi connectivity index (χ1v) is 24.5. The van der Waals surface area contributed by atoms with Crippen molar-refractivity contribution in [2.24, 2.45) is 5.41 Å². The van der Waals surface area contributed by atoms with Crippen molar-refractivity contribution in [1.82, 2.24) is 4.57 Å². The molecule has 0 aliphatic rings. The average Bonchev–Trinajstić information content (AvgIpc) is 3.47. The molecule has 0 bridgehead atoms. The topological polar surface area (TPSA) is 43.6 Å². The third kappa shape index (κ3) is 9.32. The van der Waals surface area contributed by atoms with Gasteiger partial charge in [0.25, 0.3) is 0 Å². The Bertz CT molecular complexity index is 2440. The molecular weight excluding hydrogens is 765 g/mol. The van der Waals surface area contributed by atoms with Crippen LogP contribution >= 0.6 is 0 Å². The summed E-state index contributed by atoms with van der Waals surface area (Å²) in [5.74, 6) is 0.534. The van der Waals surface area contributed by atoms with Crippen molar-refractivity contribution < 1.29 is 23.4 Å². The molecule has 320 valence electrons. The van der Waals surface area contributed by atoms with Crippen LogP contribution < -0.4 is 9.47 Å². The maximum atomic E-state index is 15.8. The minimum Gasteiger partial charge on any atom is -0.505 e. The van der Waals surface area contributed by atoms with Gasteiger partial charge >= 0.3 is 0 Å². The van der Waals surface area contributed by atoms with E-state index in [2.05, 4.69) is 143 Å². The van der Waals surface area contributed by atoms with Gasteiger partial charge in [-0.25, -0.2) is 8.78 Å². The lowest BCUT2D eigenvalue weighted by Crippen LogP contribution is -2.46. The van der Waals surface area contributed by atoms with Crippen LogP contribution in [-0.2, 0) is 16.2 Å². The van der Waals surface area contributed by atoms with Crippen molar-refractivity contribution in [3.63, 3.8) is 0 Å². The summed E-state index contributed by atoms with van der Waals surface area (Å²) < 4.78 is 44.9. The van der Waals surface area contributed by atoms with Crippen molar-refractivity contribution in [2.75, 3.05) is 12.5 Å². The number of rotatable bonds is 12. The van der Waals surface area contributed by atoms with Crippen LogP contribution in [0.4, 0.5) is 8.78 Å². The number of phenols is 1. The largest absolute Gasteiger partial charge is 0.505 e. The molecule has 6 rings (SSSR count). The third-order valence-electron chi connectivity index (χ3n) is 12.5. The average molecular weight is 832 g/mol. The number of nitrogens with zero attached hydrogens (tertiary/aromatic N) is 1. The van der Waals surface area contributed by atoms with E-state index >= 15 is 4.39 Å². The predicted octanol–water partition coefficient (Wildman–Crippen LogP) is 15.1. The zero-order chi connectivity index (χ0) is 44.2. The molecule has 6 aromatic rings. The highest BCUT2D eigenvalue weighted by molar-refractivity contribution is 6.79. The van der Waals surface area contributed by atoms with E-state index in [1.807, 2.05) is 6.92 Å². The fourth-order valence-corrected chi connectivity index (χ4v) is 11.2. The standard InChI is InChI=1S/C53H67F2NO3Si/c1-15-60(16-2,32-58-40-21-19-38(54)20-22-40)33-59-49-34(3)25-39(55)30-44(49)43-26-37(53(13,14)31-50(4,5)6)29-47(48(43)57)56-45-27-35(51(7,8)9)17-23-41(45)42-24-18-36(28-46(42)56)52(10,11)12/h17-30,57H,15-16,31-33H2,1-14H3. The molecule has 0 radical (unpaired) electrons. The fourth-order valence-electron chi connectivity index (χ4n) is 8.84. The van der Waals surface area contributed by atoms with Gasteiger partial charge < -0.3 is 19.1 Å². The molecule has 0 atom stereocenters. The molecule has 0 spiro atoms. The van der Waals surface area contributed by atoms with Gasteiger partial charge in [0.15, 0.2) is 0 Å². The zero-order valence-electron chi connectivity index (χ0n) is 38.6. The van der Waals surface area contributed by atoms with Crippen molar-refractivity contribution in [3.05, 3.63) is 119 Å². The van der Waals surface area contributed by atoms with Gasteiger partial charge in [0.05, 0.1) is 29.2 Å². The summed E-state index contributed by atoms with van der Waals surface area (Å²) in [6.07, 6.45) is 1.80. The van der Waals surface area contributed by atoms with Crippen molar-refractivity contribution in [1.29, 1.82) is 0 Å². The van der Waals surface area contributed by atoms with Gasteiger partial charge in [0.1, 0.15) is 37.0 Å². The number of aromatic hydroxyl groups is 1. The second kappa shape index (κ2) is 16.3. The number of hydrogen-bond acceptors (Lipinski definition) is 3. The highest BCUT2D eigenvalue weighted by Gasteiger charge is 2.34. The lowest BCUT2D eigenvalue weighted by molar-refractivity contribution is 0.284.